The Labute approximate surface area is 181 Å². The summed E-state index contributed by atoms with van der Waals surface area (Å²) >= 11 is 0. The number of rotatable bonds is 7. The highest BCUT2D eigenvalue weighted by Gasteiger charge is 2.32. The molecule has 0 spiro atoms. The molecule has 3 rings (SSSR count). The van der Waals surface area contributed by atoms with E-state index in [1.807, 2.05) is 7.05 Å². The average molecular weight is 491 g/mol. The number of hydrogen-bond donors (Lipinski definition) is 2. The molecular formula is C20H38IN5O. The molecule has 3 fully saturated rings. The van der Waals surface area contributed by atoms with Gasteiger partial charge in [0.1, 0.15) is 0 Å². The third-order valence-electron chi connectivity index (χ3n) is 6.18. The van der Waals surface area contributed by atoms with Crippen LogP contribution in [0.4, 0.5) is 0 Å². The molecule has 2 aliphatic carbocycles. The molecule has 0 aromatic rings. The molecule has 7 heteroatoms. The van der Waals surface area contributed by atoms with Crippen LogP contribution >= 0.6 is 24.0 Å². The van der Waals surface area contributed by atoms with Gasteiger partial charge >= 0.3 is 0 Å². The lowest BCUT2D eigenvalue weighted by Crippen LogP contribution is -2.47. The number of likely N-dealkylation sites (N-methyl/N-ethyl adjacent to an activating group) is 1. The van der Waals surface area contributed by atoms with Crippen molar-refractivity contribution >= 4 is 35.8 Å². The van der Waals surface area contributed by atoms with Crippen LogP contribution in [0.2, 0.25) is 0 Å². The minimum absolute atomic E-state index is 0. The second-order valence-electron chi connectivity index (χ2n) is 8.11. The summed E-state index contributed by atoms with van der Waals surface area (Å²) in [4.78, 5) is 21.7. The first-order valence-electron chi connectivity index (χ1n) is 10.7. The van der Waals surface area contributed by atoms with E-state index in [2.05, 4.69) is 32.3 Å². The van der Waals surface area contributed by atoms with Gasteiger partial charge in [-0.3, -0.25) is 14.7 Å². The minimum Gasteiger partial charge on any atom is -0.355 e. The number of carbonyl (C=O) groups excluding carboxylic acids is 1. The molecule has 1 atom stereocenters. The second-order valence-corrected chi connectivity index (χ2v) is 8.11. The fraction of sp³-hybridized carbons (Fsp3) is 0.900. The number of likely N-dealkylation sites (tertiary alicyclic amines) is 1. The molecule has 6 nitrogen and oxygen atoms in total. The standard InChI is InChI=1S/C20H37N5O.HI/c1-3-24(18-9-10-18)14-12-22-20(21-2)23-17-11-13-25(15-17)19(26)16-7-5-4-6-8-16;/h16-18H,3-15H2,1-2H3,(H2,21,22,23);1H. The lowest BCUT2D eigenvalue weighted by molar-refractivity contribution is -0.135. The molecule has 0 aromatic carbocycles. The highest BCUT2D eigenvalue weighted by molar-refractivity contribution is 14.0. The predicted molar refractivity (Wildman–Crippen MR) is 122 cm³/mol. The Morgan fingerprint density at radius 3 is 2.52 bits per heavy atom. The first-order valence-corrected chi connectivity index (χ1v) is 10.7. The van der Waals surface area contributed by atoms with E-state index in [1.165, 1.54) is 32.1 Å². The van der Waals surface area contributed by atoms with Gasteiger partial charge < -0.3 is 15.5 Å². The van der Waals surface area contributed by atoms with Gasteiger partial charge in [-0.15, -0.1) is 24.0 Å². The van der Waals surface area contributed by atoms with Gasteiger partial charge in [0.2, 0.25) is 5.91 Å². The molecule has 3 aliphatic rings. The molecule has 27 heavy (non-hydrogen) atoms. The second kappa shape index (κ2) is 11.4. The Kier molecular flexibility index (Phi) is 9.62. The first kappa shape index (κ1) is 22.7. The maximum Gasteiger partial charge on any atom is 0.225 e. The monoisotopic (exact) mass is 491 g/mol. The van der Waals surface area contributed by atoms with Crippen LogP contribution in [0, 0.1) is 5.92 Å². The van der Waals surface area contributed by atoms with Crippen LogP contribution in [-0.4, -0.2) is 73.5 Å². The van der Waals surface area contributed by atoms with Crippen molar-refractivity contribution in [2.75, 3.05) is 39.8 Å². The maximum absolute atomic E-state index is 12.7. The van der Waals surface area contributed by atoms with Gasteiger partial charge in [-0.25, -0.2) is 0 Å². The number of guanidine groups is 1. The van der Waals surface area contributed by atoms with E-state index in [0.29, 0.717) is 11.9 Å². The summed E-state index contributed by atoms with van der Waals surface area (Å²) in [6.07, 6.45) is 9.64. The Morgan fingerprint density at radius 2 is 1.89 bits per heavy atom. The van der Waals surface area contributed by atoms with Crippen molar-refractivity contribution in [3.8, 4) is 0 Å². The SMILES string of the molecule is CCN(CCNC(=NC)NC1CCN(C(=O)C2CCCCC2)C1)C1CC1.I. The number of carbonyl (C=O) groups is 1. The summed E-state index contributed by atoms with van der Waals surface area (Å²) in [5, 5.41) is 6.96. The number of amides is 1. The number of nitrogens with one attached hydrogen (secondary N) is 2. The molecule has 1 unspecified atom stereocenters. The van der Waals surface area contributed by atoms with Gasteiger partial charge in [-0.05, 0) is 38.6 Å². The van der Waals surface area contributed by atoms with Gasteiger partial charge in [0, 0.05) is 51.2 Å². The van der Waals surface area contributed by atoms with E-state index in [-0.39, 0.29) is 29.9 Å². The van der Waals surface area contributed by atoms with E-state index < -0.39 is 0 Å². The van der Waals surface area contributed by atoms with Crippen LogP contribution in [0.5, 0.6) is 0 Å². The summed E-state index contributed by atoms with van der Waals surface area (Å²) < 4.78 is 0. The molecule has 1 heterocycles. The molecular weight excluding hydrogens is 453 g/mol. The number of halogens is 1. The normalized spacial score (nSPS) is 24.0. The fourth-order valence-electron chi connectivity index (χ4n) is 4.43. The van der Waals surface area contributed by atoms with Gasteiger partial charge in [-0.2, -0.15) is 0 Å². The Morgan fingerprint density at radius 1 is 1.15 bits per heavy atom. The number of aliphatic imine (C=N–C) groups is 1. The van der Waals surface area contributed by atoms with E-state index >= 15 is 0 Å². The zero-order chi connectivity index (χ0) is 18.4. The Bertz CT molecular complexity index is 491. The molecule has 1 amide bonds. The van der Waals surface area contributed by atoms with E-state index in [1.54, 1.807) is 0 Å². The van der Waals surface area contributed by atoms with E-state index in [4.69, 9.17) is 0 Å². The van der Waals surface area contributed by atoms with E-state index in [0.717, 1.165) is 64.0 Å². The average Bonchev–Trinajstić information content (AvgIpc) is 3.42. The predicted octanol–water partition coefficient (Wildman–Crippen LogP) is 2.43. The van der Waals surface area contributed by atoms with E-state index in [9.17, 15) is 4.79 Å². The molecule has 0 bridgehead atoms. The van der Waals surface area contributed by atoms with Crippen LogP contribution in [0.25, 0.3) is 0 Å². The summed E-state index contributed by atoms with van der Waals surface area (Å²) in [6.45, 7) is 7.05. The minimum atomic E-state index is 0. The summed E-state index contributed by atoms with van der Waals surface area (Å²) in [7, 11) is 1.83. The quantitative estimate of drug-likeness (QED) is 0.327. The third kappa shape index (κ3) is 6.76. The summed E-state index contributed by atoms with van der Waals surface area (Å²) in [5.41, 5.74) is 0. The maximum atomic E-state index is 12.7. The molecule has 0 radical (unpaired) electrons. The van der Waals surface area contributed by atoms with Crippen molar-refractivity contribution in [2.24, 2.45) is 10.9 Å². The number of hydrogen-bond acceptors (Lipinski definition) is 3. The molecule has 1 saturated heterocycles. The van der Waals surface area contributed by atoms with Crippen molar-refractivity contribution in [1.29, 1.82) is 0 Å². The van der Waals surface area contributed by atoms with Crippen molar-refractivity contribution < 1.29 is 4.79 Å². The summed E-state index contributed by atoms with van der Waals surface area (Å²) in [5.74, 6) is 1.54. The molecule has 2 N–H and O–H groups in total. The smallest absolute Gasteiger partial charge is 0.225 e. The molecule has 1 aliphatic heterocycles. The lowest BCUT2D eigenvalue weighted by Gasteiger charge is -2.26. The van der Waals surface area contributed by atoms with Crippen LogP contribution in [-0.2, 0) is 4.79 Å². The zero-order valence-electron chi connectivity index (χ0n) is 17.1. The van der Waals surface area contributed by atoms with Gasteiger partial charge in [0.25, 0.3) is 0 Å². The van der Waals surface area contributed by atoms with Gasteiger partial charge in [0.05, 0.1) is 0 Å². The number of nitrogens with zero attached hydrogens (tertiary/aromatic N) is 3. The molecule has 156 valence electrons. The summed E-state index contributed by atoms with van der Waals surface area (Å²) in [6, 6.07) is 1.13. The van der Waals surface area contributed by atoms with Gasteiger partial charge in [-0.1, -0.05) is 26.2 Å². The van der Waals surface area contributed by atoms with Crippen LogP contribution in [0.1, 0.15) is 58.3 Å². The van der Waals surface area contributed by atoms with Crippen molar-refractivity contribution in [3.63, 3.8) is 0 Å². The highest BCUT2D eigenvalue weighted by Crippen LogP contribution is 2.27. The lowest BCUT2D eigenvalue weighted by atomic mass is 9.88. The van der Waals surface area contributed by atoms with Crippen LogP contribution in [0.15, 0.2) is 4.99 Å². The molecule has 2 saturated carbocycles. The van der Waals surface area contributed by atoms with Crippen LogP contribution in [0.3, 0.4) is 0 Å². The van der Waals surface area contributed by atoms with Crippen molar-refractivity contribution in [2.45, 2.75) is 70.4 Å². The van der Waals surface area contributed by atoms with Crippen LogP contribution < -0.4 is 10.6 Å². The first-order chi connectivity index (χ1) is 12.7. The topological polar surface area (TPSA) is 60.0 Å². The largest absolute Gasteiger partial charge is 0.355 e. The Hall–Kier alpha value is -0.570. The fourth-order valence-corrected chi connectivity index (χ4v) is 4.43. The Balaban J connectivity index is 0.00000261. The zero-order valence-corrected chi connectivity index (χ0v) is 19.4. The van der Waals surface area contributed by atoms with Crippen molar-refractivity contribution in [1.82, 2.24) is 20.4 Å². The third-order valence-corrected chi connectivity index (χ3v) is 6.18. The van der Waals surface area contributed by atoms with Gasteiger partial charge in [0.15, 0.2) is 5.96 Å². The van der Waals surface area contributed by atoms with Crippen molar-refractivity contribution in [3.05, 3.63) is 0 Å². The highest BCUT2D eigenvalue weighted by atomic mass is 127. The molecule has 0 aromatic heterocycles.